The number of halogens is 3. The monoisotopic (exact) mass is 383 g/mol. The Bertz CT molecular complexity index is 970. The molecule has 0 fully saturated rings. The van der Waals surface area contributed by atoms with Crippen LogP contribution in [0.1, 0.15) is 5.56 Å². The lowest BCUT2D eigenvalue weighted by atomic mass is 10.2. The highest BCUT2D eigenvalue weighted by Crippen LogP contribution is 2.27. The van der Waals surface area contributed by atoms with Gasteiger partial charge in [-0.05, 0) is 35.9 Å². The molecule has 0 aliphatic rings. The minimum Gasteiger partial charge on any atom is -0.497 e. The number of rotatable bonds is 5. The van der Waals surface area contributed by atoms with Gasteiger partial charge < -0.3 is 13.9 Å². The molecule has 0 radical (unpaired) electrons. The summed E-state index contributed by atoms with van der Waals surface area (Å²) in [6.45, 7) is 0. The van der Waals surface area contributed by atoms with E-state index in [9.17, 15) is 18.0 Å². The van der Waals surface area contributed by atoms with Crippen molar-refractivity contribution in [1.82, 2.24) is 4.98 Å². The van der Waals surface area contributed by atoms with Crippen LogP contribution in [-0.2, 0) is 5.75 Å². The molecule has 1 heterocycles. The first-order chi connectivity index (χ1) is 12.3. The molecule has 1 aromatic heterocycles. The van der Waals surface area contributed by atoms with E-state index in [1.165, 1.54) is 17.8 Å². The Labute approximate surface area is 149 Å². The maximum absolute atomic E-state index is 12.3. The average molecular weight is 383 g/mol. The van der Waals surface area contributed by atoms with Gasteiger partial charge in [0.15, 0.2) is 0 Å². The van der Waals surface area contributed by atoms with Crippen molar-refractivity contribution < 1.29 is 27.1 Å². The molecule has 0 saturated heterocycles. The number of thioether (sulfide) groups is 1. The molecule has 0 saturated carbocycles. The van der Waals surface area contributed by atoms with Crippen molar-refractivity contribution >= 4 is 22.7 Å². The largest absolute Gasteiger partial charge is 0.573 e. The zero-order valence-electron chi connectivity index (χ0n) is 13.4. The molecule has 0 N–H and O–H groups in total. The predicted octanol–water partition coefficient (Wildman–Crippen LogP) is 4.39. The second-order valence-corrected chi connectivity index (χ2v) is 6.06. The lowest BCUT2D eigenvalue weighted by molar-refractivity contribution is -0.274. The van der Waals surface area contributed by atoms with Crippen LogP contribution >= 0.6 is 11.8 Å². The van der Waals surface area contributed by atoms with Gasteiger partial charge in [-0.2, -0.15) is 0 Å². The van der Waals surface area contributed by atoms with E-state index in [1.807, 2.05) is 24.3 Å². The third-order valence-corrected chi connectivity index (χ3v) is 4.23. The molecule has 136 valence electrons. The van der Waals surface area contributed by atoms with Gasteiger partial charge in [-0.3, -0.25) is 0 Å². The van der Waals surface area contributed by atoms with Gasteiger partial charge in [0.2, 0.25) is 0 Å². The Morgan fingerprint density at radius 1 is 1.12 bits per heavy atom. The van der Waals surface area contributed by atoms with Crippen LogP contribution in [0, 0.1) is 0 Å². The second kappa shape index (κ2) is 7.28. The maximum atomic E-state index is 12.3. The Kier molecular flexibility index (Phi) is 5.08. The molecule has 2 aromatic carbocycles. The lowest BCUT2D eigenvalue weighted by Gasteiger charge is -2.09. The standard InChI is InChI=1S/C17H12F3NO4S/c1-23-11-4-2-10(3-5-11)9-26-16-21-14-7-6-12(25-17(18,19)20)8-13(14)15(22)24-16/h2-8H,9H2,1H3. The predicted molar refractivity (Wildman–Crippen MR) is 89.5 cm³/mol. The first-order valence-electron chi connectivity index (χ1n) is 7.30. The van der Waals surface area contributed by atoms with Crippen LogP contribution in [0.25, 0.3) is 10.9 Å². The van der Waals surface area contributed by atoms with E-state index in [1.54, 1.807) is 7.11 Å². The zero-order chi connectivity index (χ0) is 18.7. The van der Waals surface area contributed by atoms with E-state index in [0.717, 1.165) is 23.4 Å². The number of benzene rings is 2. The first-order valence-corrected chi connectivity index (χ1v) is 8.29. The summed E-state index contributed by atoms with van der Waals surface area (Å²) < 4.78 is 50.7. The van der Waals surface area contributed by atoms with Crippen molar-refractivity contribution in [3.05, 3.63) is 58.4 Å². The highest BCUT2D eigenvalue weighted by Gasteiger charge is 2.31. The number of nitrogens with zero attached hydrogens (tertiary/aromatic N) is 1. The van der Waals surface area contributed by atoms with Crippen LogP contribution in [-0.4, -0.2) is 18.5 Å². The number of aromatic nitrogens is 1. The summed E-state index contributed by atoms with van der Waals surface area (Å²) in [6, 6.07) is 10.7. The van der Waals surface area contributed by atoms with E-state index >= 15 is 0 Å². The maximum Gasteiger partial charge on any atom is 0.573 e. The van der Waals surface area contributed by atoms with Crippen LogP contribution in [0.15, 0.2) is 56.9 Å². The van der Waals surface area contributed by atoms with Gasteiger partial charge in [0.1, 0.15) is 11.5 Å². The Morgan fingerprint density at radius 2 is 1.81 bits per heavy atom. The molecule has 0 atom stereocenters. The van der Waals surface area contributed by atoms with Crippen molar-refractivity contribution in [2.24, 2.45) is 0 Å². The minimum atomic E-state index is -4.84. The second-order valence-electron chi connectivity index (χ2n) is 5.13. The molecule has 0 aliphatic carbocycles. The SMILES string of the molecule is COc1ccc(CSc2nc3ccc(OC(F)(F)F)cc3c(=O)o2)cc1. The van der Waals surface area contributed by atoms with Gasteiger partial charge in [-0.1, -0.05) is 23.9 Å². The number of hydrogen-bond donors (Lipinski definition) is 0. The van der Waals surface area contributed by atoms with Gasteiger partial charge in [0.05, 0.1) is 18.0 Å². The van der Waals surface area contributed by atoms with E-state index in [4.69, 9.17) is 9.15 Å². The van der Waals surface area contributed by atoms with Gasteiger partial charge in [-0.15, -0.1) is 13.2 Å². The molecule has 0 bridgehead atoms. The fraction of sp³-hybridized carbons (Fsp3) is 0.176. The summed E-state index contributed by atoms with van der Waals surface area (Å²) in [5.74, 6) is 0.726. The Balaban J connectivity index is 1.79. The third-order valence-electron chi connectivity index (χ3n) is 3.33. The highest BCUT2D eigenvalue weighted by atomic mass is 32.2. The lowest BCUT2D eigenvalue weighted by Crippen LogP contribution is -2.17. The van der Waals surface area contributed by atoms with E-state index in [-0.39, 0.29) is 16.1 Å². The number of fused-ring (bicyclic) bond motifs is 1. The van der Waals surface area contributed by atoms with Gasteiger partial charge in [0.25, 0.3) is 5.22 Å². The van der Waals surface area contributed by atoms with Crippen LogP contribution in [0.4, 0.5) is 13.2 Å². The van der Waals surface area contributed by atoms with E-state index in [2.05, 4.69) is 9.72 Å². The topological polar surface area (TPSA) is 61.6 Å². The molecule has 0 spiro atoms. The summed E-state index contributed by atoms with van der Waals surface area (Å²) in [5, 5.41) is 0.0448. The molecule has 0 amide bonds. The van der Waals surface area contributed by atoms with Crippen molar-refractivity contribution in [3.63, 3.8) is 0 Å². The minimum absolute atomic E-state index is 0.0828. The molecule has 26 heavy (non-hydrogen) atoms. The summed E-state index contributed by atoms with van der Waals surface area (Å²) in [6.07, 6.45) is -4.84. The van der Waals surface area contributed by atoms with Crippen LogP contribution < -0.4 is 15.1 Å². The summed E-state index contributed by atoms with van der Waals surface area (Å²) in [4.78, 5) is 16.2. The van der Waals surface area contributed by atoms with Crippen molar-refractivity contribution in [1.29, 1.82) is 0 Å². The Hall–Kier alpha value is -2.68. The van der Waals surface area contributed by atoms with Gasteiger partial charge in [0, 0.05) is 5.75 Å². The van der Waals surface area contributed by atoms with Crippen LogP contribution in [0.2, 0.25) is 0 Å². The molecule has 3 aromatic rings. The fourth-order valence-electron chi connectivity index (χ4n) is 2.16. The normalized spacial score (nSPS) is 11.5. The van der Waals surface area contributed by atoms with Gasteiger partial charge in [-0.25, -0.2) is 9.78 Å². The molecule has 5 nitrogen and oxygen atoms in total. The van der Waals surface area contributed by atoms with Gasteiger partial charge >= 0.3 is 12.0 Å². The number of hydrogen-bond acceptors (Lipinski definition) is 6. The van der Waals surface area contributed by atoms with Crippen molar-refractivity contribution in [3.8, 4) is 11.5 Å². The average Bonchev–Trinajstić information content (AvgIpc) is 2.59. The summed E-state index contributed by atoms with van der Waals surface area (Å²) in [7, 11) is 1.57. The van der Waals surface area contributed by atoms with Crippen molar-refractivity contribution in [2.45, 2.75) is 17.3 Å². The molecule has 3 rings (SSSR count). The van der Waals surface area contributed by atoms with E-state index in [0.29, 0.717) is 5.75 Å². The van der Waals surface area contributed by atoms with Crippen LogP contribution in [0.5, 0.6) is 11.5 Å². The number of ether oxygens (including phenoxy) is 2. The van der Waals surface area contributed by atoms with Crippen molar-refractivity contribution in [2.75, 3.05) is 7.11 Å². The van der Waals surface area contributed by atoms with E-state index < -0.39 is 17.7 Å². The fourth-order valence-corrected chi connectivity index (χ4v) is 2.94. The quantitative estimate of drug-likeness (QED) is 0.609. The number of alkyl halides is 3. The first kappa shape index (κ1) is 18.1. The molecule has 9 heteroatoms. The molecular weight excluding hydrogens is 371 g/mol. The third kappa shape index (κ3) is 4.48. The summed E-state index contributed by atoms with van der Waals surface area (Å²) in [5.41, 5.74) is 0.419. The number of methoxy groups -OCH3 is 1. The molecule has 0 aliphatic heterocycles. The molecular formula is C17H12F3NO4S. The smallest absolute Gasteiger partial charge is 0.497 e. The summed E-state index contributed by atoms with van der Waals surface area (Å²) >= 11 is 1.20. The zero-order valence-corrected chi connectivity index (χ0v) is 14.2. The Morgan fingerprint density at radius 3 is 2.46 bits per heavy atom. The van der Waals surface area contributed by atoms with Crippen LogP contribution in [0.3, 0.4) is 0 Å². The highest BCUT2D eigenvalue weighted by molar-refractivity contribution is 7.98. The molecule has 0 unspecified atom stereocenters.